The lowest BCUT2D eigenvalue weighted by Gasteiger charge is -2.08. The quantitative estimate of drug-likeness (QED) is 0.916. The summed E-state index contributed by atoms with van der Waals surface area (Å²) in [6, 6.07) is 11.9. The van der Waals surface area contributed by atoms with E-state index in [0.29, 0.717) is 6.61 Å². The van der Waals surface area contributed by atoms with E-state index in [-0.39, 0.29) is 0 Å². The molecule has 1 heterocycles. The molecule has 19 heavy (non-hydrogen) atoms. The SMILES string of the molecule is CNCc1cccc(COc2ccc(Br)c(C)c2)n1. The van der Waals surface area contributed by atoms with E-state index in [1.165, 1.54) is 0 Å². The Hall–Kier alpha value is -1.39. The van der Waals surface area contributed by atoms with Crippen LogP contribution in [0.4, 0.5) is 0 Å². The number of rotatable bonds is 5. The molecule has 0 aliphatic rings. The van der Waals surface area contributed by atoms with Crippen molar-refractivity contribution < 1.29 is 4.74 Å². The Balaban J connectivity index is 2.01. The van der Waals surface area contributed by atoms with Gasteiger partial charge in [0.15, 0.2) is 0 Å². The zero-order valence-electron chi connectivity index (χ0n) is 11.1. The van der Waals surface area contributed by atoms with Crippen LogP contribution in [0.5, 0.6) is 5.75 Å². The van der Waals surface area contributed by atoms with Crippen molar-refractivity contribution in [3.63, 3.8) is 0 Å². The number of halogens is 1. The summed E-state index contributed by atoms with van der Waals surface area (Å²) >= 11 is 3.48. The highest BCUT2D eigenvalue weighted by Gasteiger charge is 2.01. The first kappa shape index (κ1) is 14.0. The van der Waals surface area contributed by atoms with Crippen molar-refractivity contribution in [1.29, 1.82) is 0 Å². The normalized spacial score (nSPS) is 10.5. The molecule has 100 valence electrons. The van der Waals surface area contributed by atoms with Crippen LogP contribution in [-0.4, -0.2) is 12.0 Å². The lowest BCUT2D eigenvalue weighted by atomic mass is 10.2. The number of nitrogens with zero attached hydrogens (tertiary/aromatic N) is 1. The third-order valence-electron chi connectivity index (χ3n) is 2.74. The van der Waals surface area contributed by atoms with Crippen molar-refractivity contribution >= 4 is 15.9 Å². The fourth-order valence-corrected chi connectivity index (χ4v) is 2.00. The second kappa shape index (κ2) is 6.68. The average molecular weight is 321 g/mol. The molecule has 3 nitrogen and oxygen atoms in total. The molecule has 0 fully saturated rings. The van der Waals surface area contributed by atoms with E-state index in [1.807, 2.05) is 50.4 Å². The van der Waals surface area contributed by atoms with Crippen LogP contribution in [0.3, 0.4) is 0 Å². The lowest BCUT2D eigenvalue weighted by molar-refractivity contribution is 0.300. The van der Waals surface area contributed by atoms with Crippen LogP contribution in [0.25, 0.3) is 0 Å². The van der Waals surface area contributed by atoms with E-state index in [4.69, 9.17) is 4.74 Å². The third kappa shape index (κ3) is 4.04. The van der Waals surface area contributed by atoms with Crippen LogP contribution < -0.4 is 10.1 Å². The number of aromatic nitrogens is 1. The van der Waals surface area contributed by atoms with Gasteiger partial charge in [-0.15, -0.1) is 0 Å². The Morgan fingerprint density at radius 3 is 2.74 bits per heavy atom. The minimum atomic E-state index is 0.485. The highest BCUT2D eigenvalue weighted by Crippen LogP contribution is 2.22. The Labute approximate surface area is 122 Å². The molecular formula is C15H17BrN2O. The number of nitrogens with one attached hydrogen (secondary N) is 1. The first-order valence-corrected chi connectivity index (χ1v) is 6.96. The zero-order chi connectivity index (χ0) is 13.7. The molecule has 0 saturated heterocycles. The largest absolute Gasteiger partial charge is 0.487 e. The maximum atomic E-state index is 5.76. The molecule has 0 spiro atoms. The maximum absolute atomic E-state index is 5.76. The van der Waals surface area contributed by atoms with Crippen LogP contribution in [-0.2, 0) is 13.2 Å². The summed E-state index contributed by atoms with van der Waals surface area (Å²) in [6.07, 6.45) is 0. The van der Waals surface area contributed by atoms with E-state index in [0.717, 1.165) is 33.7 Å². The standard InChI is InChI=1S/C15H17BrN2O/c1-11-8-14(6-7-15(11)16)19-10-13-5-3-4-12(18-13)9-17-2/h3-8,17H,9-10H2,1-2H3. The van der Waals surface area contributed by atoms with Crippen molar-refractivity contribution in [2.24, 2.45) is 0 Å². The summed E-state index contributed by atoms with van der Waals surface area (Å²) in [5.74, 6) is 0.863. The van der Waals surface area contributed by atoms with Gasteiger partial charge in [0.2, 0.25) is 0 Å². The predicted molar refractivity (Wildman–Crippen MR) is 80.2 cm³/mol. The molecule has 0 amide bonds. The molecule has 1 aromatic heterocycles. The fourth-order valence-electron chi connectivity index (χ4n) is 1.75. The van der Waals surface area contributed by atoms with Gasteiger partial charge in [-0.25, -0.2) is 0 Å². The maximum Gasteiger partial charge on any atom is 0.130 e. The van der Waals surface area contributed by atoms with Crippen molar-refractivity contribution in [3.8, 4) is 5.75 Å². The number of ether oxygens (including phenoxy) is 1. The van der Waals surface area contributed by atoms with E-state index >= 15 is 0 Å². The molecule has 2 aromatic rings. The Morgan fingerprint density at radius 1 is 1.21 bits per heavy atom. The first-order valence-electron chi connectivity index (χ1n) is 6.17. The van der Waals surface area contributed by atoms with Crippen molar-refractivity contribution in [3.05, 3.63) is 57.8 Å². The fraction of sp³-hybridized carbons (Fsp3) is 0.267. The lowest BCUT2D eigenvalue weighted by Crippen LogP contribution is -2.08. The van der Waals surface area contributed by atoms with Gasteiger partial charge in [0.1, 0.15) is 12.4 Å². The smallest absolute Gasteiger partial charge is 0.130 e. The number of hydrogen-bond acceptors (Lipinski definition) is 3. The van der Waals surface area contributed by atoms with Gasteiger partial charge < -0.3 is 10.1 Å². The summed E-state index contributed by atoms with van der Waals surface area (Å²) in [5, 5.41) is 3.09. The van der Waals surface area contributed by atoms with E-state index in [9.17, 15) is 0 Å². The summed E-state index contributed by atoms with van der Waals surface area (Å²) in [7, 11) is 1.91. The predicted octanol–water partition coefficient (Wildman–Crippen LogP) is 3.45. The molecule has 0 bridgehead atoms. The van der Waals surface area contributed by atoms with Crippen molar-refractivity contribution in [1.82, 2.24) is 10.3 Å². The van der Waals surface area contributed by atoms with Gasteiger partial charge in [0.25, 0.3) is 0 Å². The molecule has 0 radical (unpaired) electrons. The van der Waals surface area contributed by atoms with Crippen LogP contribution >= 0.6 is 15.9 Å². The highest BCUT2D eigenvalue weighted by molar-refractivity contribution is 9.10. The molecule has 0 aliphatic carbocycles. The zero-order valence-corrected chi connectivity index (χ0v) is 12.7. The van der Waals surface area contributed by atoms with E-state index in [1.54, 1.807) is 0 Å². The van der Waals surface area contributed by atoms with Gasteiger partial charge in [-0.2, -0.15) is 0 Å². The monoisotopic (exact) mass is 320 g/mol. The Bertz CT molecular complexity index is 558. The summed E-state index contributed by atoms with van der Waals surface area (Å²) in [4.78, 5) is 4.52. The van der Waals surface area contributed by atoms with Gasteiger partial charge in [-0.1, -0.05) is 22.0 Å². The van der Waals surface area contributed by atoms with Crippen molar-refractivity contribution in [2.75, 3.05) is 7.05 Å². The molecule has 4 heteroatoms. The summed E-state index contributed by atoms with van der Waals surface area (Å²) < 4.78 is 6.85. The molecule has 0 aliphatic heterocycles. The number of aryl methyl sites for hydroxylation is 1. The molecule has 0 atom stereocenters. The minimum Gasteiger partial charge on any atom is -0.487 e. The number of benzene rings is 1. The second-order valence-corrected chi connectivity index (χ2v) is 5.20. The second-order valence-electron chi connectivity index (χ2n) is 4.35. The topological polar surface area (TPSA) is 34.1 Å². The van der Waals surface area contributed by atoms with Gasteiger partial charge in [0.05, 0.1) is 11.4 Å². The molecule has 0 unspecified atom stereocenters. The Morgan fingerprint density at radius 2 is 2.00 bits per heavy atom. The number of hydrogen-bond donors (Lipinski definition) is 1. The van der Waals surface area contributed by atoms with Crippen LogP contribution in [0, 0.1) is 6.92 Å². The third-order valence-corrected chi connectivity index (χ3v) is 3.63. The van der Waals surface area contributed by atoms with Gasteiger partial charge in [0, 0.05) is 11.0 Å². The summed E-state index contributed by atoms with van der Waals surface area (Å²) in [6.45, 7) is 3.30. The molecule has 0 saturated carbocycles. The number of pyridine rings is 1. The first-order chi connectivity index (χ1) is 9.19. The van der Waals surface area contributed by atoms with E-state index in [2.05, 4.69) is 26.2 Å². The van der Waals surface area contributed by atoms with Gasteiger partial charge in [-0.3, -0.25) is 4.98 Å². The molecule has 1 aromatic carbocycles. The van der Waals surface area contributed by atoms with Gasteiger partial charge >= 0.3 is 0 Å². The Kier molecular flexibility index (Phi) is 4.93. The molecule has 1 N–H and O–H groups in total. The highest BCUT2D eigenvalue weighted by atomic mass is 79.9. The average Bonchev–Trinajstić information content (AvgIpc) is 2.41. The van der Waals surface area contributed by atoms with Crippen LogP contribution in [0.1, 0.15) is 17.0 Å². The van der Waals surface area contributed by atoms with Crippen LogP contribution in [0.15, 0.2) is 40.9 Å². The molecule has 2 rings (SSSR count). The molecular weight excluding hydrogens is 304 g/mol. The van der Waals surface area contributed by atoms with Gasteiger partial charge in [-0.05, 0) is 49.9 Å². The summed E-state index contributed by atoms with van der Waals surface area (Å²) in [5.41, 5.74) is 3.12. The van der Waals surface area contributed by atoms with Crippen molar-refractivity contribution in [2.45, 2.75) is 20.1 Å². The minimum absolute atomic E-state index is 0.485. The van der Waals surface area contributed by atoms with E-state index < -0.39 is 0 Å². The van der Waals surface area contributed by atoms with Crippen LogP contribution in [0.2, 0.25) is 0 Å².